The van der Waals surface area contributed by atoms with Gasteiger partial charge in [-0.15, -0.1) is 0 Å². The average molecular weight is 491 g/mol. The van der Waals surface area contributed by atoms with Gasteiger partial charge in [0.1, 0.15) is 11.6 Å². The van der Waals surface area contributed by atoms with Gasteiger partial charge in [-0.3, -0.25) is 9.36 Å². The molecular weight excluding hydrogens is 471 g/mol. The number of aromatic nitrogens is 4. The molecular formula is C26H20ClFN4O3. The van der Waals surface area contributed by atoms with Crippen LogP contribution in [-0.2, 0) is 13.1 Å². The molecule has 7 nitrogen and oxygen atoms in total. The lowest BCUT2D eigenvalue weighted by atomic mass is 10.2. The summed E-state index contributed by atoms with van der Waals surface area (Å²) in [5.41, 5.74) is 1.30. The maximum Gasteiger partial charge on any atom is 0.337 e. The number of nitrogens with zero attached hydrogens (tertiary/aromatic N) is 4. The Balaban J connectivity index is 1.73. The topological polar surface area (TPSA) is 71.1 Å². The SMILES string of the molecule is COc1ccc(Cn2c(=O)c3c(ncn3Cc3ccccc3Cl)n(-c3ccc(F)cc3)c2=O)cc1. The number of methoxy groups -OCH3 is 1. The van der Waals surface area contributed by atoms with Crippen molar-refractivity contribution in [2.24, 2.45) is 0 Å². The van der Waals surface area contributed by atoms with Crippen LogP contribution in [0.1, 0.15) is 11.1 Å². The predicted octanol–water partition coefficient (Wildman–Crippen LogP) is 4.25. The van der Waals surface area contributed by atoms with E-state index in [1.165, 1.54) is 35.2 Å². The molecule has 0 spiro atoms. The summed E-state index contributed by atoms with van der Waals surface area (Å²) in [6.07, 6.45) is 1.51. The van der Waals surface area contributed by atoms with Crippen LogP contribution in [0, 0.1) is 5.82 Å². The van der Waals surface area contributed by atoms with Crippen LogP contribution in [0.3, 0.4) is 0 Å². The second kappa shape index (κ2) is 9.23. The number of halogens is 2. The van der Waals surface area contributed by atoms with Gasteiger partial charge in [-0.2, -0.15) is 0 Å². The minimum atomic E-state index is -0.576. The quantitative estimate of drug-likeness (QED) is 0.357. The molecule has 176 valence electrons. The Morgan fingerprint density at radius 3 is 2.34 bits per heavy atom. The molecule has 0 fully saturated rings. The summed E-state index contributed by atoms with van der Waals surface area (Å²) in [5, 5.41) is 0.555. The van der Waals surface area contributed by atoms with Crippen LogP contribution < -0.4 is 16.0 Å². The highest BCUT2D eigenvalue weighted by Crippen LogP contribution is 2.20. The van der Waals surface area contributed by atoms with E-state index < -0.39 is 17.1 Å². The van der Waals surface area contributed by atoms with E-state index in [1.54, 1.807) is 42.0 Å². The summed E-state index contributed by atoms with van der Waals surface area (Å²) < 4.78 is 22.9. The lowest BCUT2D eigenvalue weighted by Crippen LogP contribution is -2.40. The molecule has 0 saturated carbocycles. The molecule has 3 aromatic carbocycles. The standard InChI is InChI=1S/C26H20ClFN4O3/c1-35-21-12-6-17(7-13-21)14-31-25(33)23-24(32(26(31)34)20-10-8-19(28)9-11-20)29-16-30(23)15-18-4-2-3-5-22(18)27/h2-13,16H,14-15H2,1H3. The van der Waals surface area contributed by atoms with Crippen LogP contribution in [0.5, 0.6) is 5.75 Å². The molecule has 0 aliphatic rings. The third-order valence-corrected chi connectivity index (χ3v) is 6.15. The molecule has 2 aromatic heterocycles. The van der Waals surface area contributed by atoms with Crippen LogP contribution in [0.15, 0.2) is 88.7 Å². The smallest absolute Gasteiger partial charge is 0.337 e. The summed E-state index contributed by atoms with van der Waals surface area (Å²) in [6.45, 7) is 0.325. The summed E-state index contributed by atoms with van der Waals surface area (Å²) in [7, 11) is 1.56. The molecule has 5 rings (SSSR count). The van der Waals surface area contributed by atoms with Crippen LogP contribution in [0.2, 0.25) is 5.02 Å². The van der Waals surface area contributed by atoms with E-state index in [0.717, 1.165) is 15.7 Å². The van der Waals surface area contributed by atoms with Gasteiger partial charge in [-0.25, -0.2) is 18.7 Å². The highest BCUT2D eigenvalue weighted by atomic mass is 35.5. The lowest BCUT2D eigenvalue weighted by Gasteiger charge is -2.13. The lowest BCUT2D eigenvalue weighted by molar-refractivity contribution is 0.414. The monoisotopic (exact) mass is 490 g/mol. The van der Waals surface area contributed by atoms with Crippen LogP contribution in [-0.4, -0.2) is 25.8 Å². The van der Waals surface area contributed by atoms with Gasteiger partial charge in [0.05, 0.1) is 32.2 Å². The van der Waals surface area contributed by atoms with Crippen molar-refractivity contribution in [3.63, 3.8) is 0 Å². The number of rotatable bonds is 6. The van der Waals surface area contributed by atoms with Gasteiger partial charge in [-0.1, -0.05) is 41.9 Å². The van der Waals surface area contributed by atoms with Crippen molar-refractivity contribution in [2.45, 2.75) is 13.1 Å². The fraction of sp³-hybridized carbons (Fsp3) is 0.115. The first-order chi connectivity index (χ1) is 17.0. The maximum atomic E-state index is 13.6. The number of ether oxygens (including phenoxy) is 1. The zero-order chi connectivity index (χ0) is 24.5. The van der Waals surface area contributed by atoms with Gasteiger partial charge in [-0.05, 0) is 53.6 Å². The van der Waals surface area contributed by atoms with E-state index in [-0.39, 0.29) is 24.3 Å². The highest BCUT2D eigenvalue weighted by Gasteiger charge is 2.20. The van der Waals surface area contributed by atoms with E-state index in [2.05, 4.69) is 4.98 Å². The first-order valence-corrected chi connectivity index (χ1v) is 11.2. The number of imidazole rings is 1. The molecule has 35 heavy (non-hydrogen) atoms. The maximum absolute atomic E-state index is 13.6. The van der Waals surface area contributed by atoms with Crippen molar-refractivity contribution in [1.82, 2.24) is 18.7 Å². The van der Waals surface area contributed by atoms with Gasteiger partial charge in [0.15, 0.2) is 11.2 Å². The second-order valence-corrected chi connectivity index (χ2v) is 8.38. The minimum absolute atomic E-state index is 0.0378. The molecule has 0 N–H and O–H groups in total. The molecule has 9 heteroatoms. The normalized spacial score (nSPS) is 11.2. The summed E-state index contributed by atoms with van der Waals surface area (Å²) in [4.78, 5) is 31.6. The Morgan fingerprint density at radius 1 is 0.943 bits per heavy atom. The first-order valence-electron chi connectivity index (χ1n) is 10.8. The molecule has 0 atom stereocenters. The van der Waals surface area contributed by atoms with Gasteiger partial charge in [0.25, 0.3) is 5.56 Å². The molecule has 0 radical (unpaired) electrons. The van der Waals surface area contributed by atoms with Gasteiger partial charge in [0, 0.05) is 5.02 Å². The number of fused-ring (bicyclic) bond motifs is 1. The molecule has 0 saturated heterocycles. The Kier molecular flexibility index (Phi) is 5.96. The zero-order valence-corrected chi connectivity index (χ0v) is 19.4. The average Bonchev–Trinajstić information content (AvgIpc) is 3.28. The van der Waals surface area contributed by atoms with Gasteiger partial charge in [0.2, 0.25) is 0 Å². The molecule has 0 unspecified atom stereocenters. The van der Waals surface area contributed by atoms with Crippen LogP contribution in [0.4, 0.5) is 4.39 Å². The van der Waals surface area contributed by atoms with Crippen molar-refractivity contribution in [1.29, 1.82) is 0 Å². The third kappa shape index (κ3) is 4.24. The van der Waals surface area contributed by atoms with Crippen molar-refractivity contribution < 1.29 is 9.13 Å². The molecule has 0 bridgehead atoms. The van der Waals surface area contributed by atoms with Crippen molar-refractivity contribution in [2.75, 3.05) is 7.11 Å². The molecule has 0 aliphatic carbocycles. The molecule has 2 heterocycles. The van der Waals surface area contributed by atoms with Gasteiger partial charge >= 0.3 is 5.69 Å². The van der Waals surface area contributed by atoms with Crippen molar-refractivity contribution in [3.05, 3.63) is 122 Å². The Hall–Kier alpha value is -4.17. The van der Waals surface area contributed by atoms with Gasteiger partial charge < -0.3 is 9.30 Å². The van der Waals surface area contributed by atoms with E-state index in [4.69, 9.17) is 16.3 Å². The number of hydrogen-bond acceptors (Lipinski definition) is 4. The second-order valence-electron chi connectivity index (χ2n) is 7.97. The Bertz CT molecular complexity index is 1640. The highest BCUT2D eigenvalue weighted by molar-refractivity contribution is 6.31. The summed E-state index contributed by atoms with van der Waals surface area (Å²) in [5.74, 6) is 0.229. The minimum Gasteiger partial charge on any atom is -0.497 e. The van der Waals surface area contributed by atoms with E-state index >= 15 is 0 Å². The summed E-state index contributed by atoms with van der Waals surface area (Å²) in [6, 6.07) is 19.9. The molecule has 0 aliphatic heterocycles. The molecule has 0 amide bonds. The number of benzene rings is 3. The zero-order valence-electron chi connectivity index (χ0n) is 18.7. The van der Waals surface area contributed by atoms with Crippen LogP contribution in [0.25, 0.3) is 16.9 Å². The summed E-state index contributed by atoms with van der Waals surface area (Å²) >= 11 is 6.34. The third-order valence-electron chi connectivity index (χ3n) is 5.78. The predicted molar refractivity (Wildman–Crippen MR) is 132 cm³/mol. The fourth-order valence-corrected chi connectivity index (χ4v) is 4.18. The first kappa shape index (κ1) is 22.6. The van der Waals surface area contributed by atoms with Crippen LogP contribution >= 0.6 is 11.6 Å². The van der Waals surface area contributed by atoms with E-state index in [9.17, 15) is 14.0 Å². The van der Waals surface area contributed by atoms with E-state index in [1.807, 2.05) is 18.2 Å². The Morgan fingerprint density at radius 2 is 1.66 bits per heavy atom. The largest absolute Gasteiger partial charge is 0.497 e. The number of hydrogen-bond donors (Lipinski definition) is 0. The Labute approximate surface area is 204 Å². The van der Waals surface area contributed by atoms with Crippen molar-refractivity contribution >= 4 is 22.8 Å². The molecule has 5 aromatic rings. The van der Waals surface area contributed by atoms with Crippen molar-refractivity contribution in [3.8, 4) is 11.4 Å². The van der Waals surface area contributed by atoms with E-state index in [0.29, 0.717) is 16.5 Å². The fourth-order valence-electron chi connectivity index (χ4n) is 3.99.